The SMILES string of the molecule is Cc1cc(-c2cccc3ccccc23)ncc1Br. The number of rotatable bonds is 1. The molecule has 0 amide bonds. The molecule has 0 spiro atoms. The molecule has 0 bridgehead atoms. The van der Waals surface area contributed by atoms with Gasteiger partial charge < -0.3 is 0 Å². The van der Waals surface area contributed by atoms with Gasteiger partial charge in [-0.15, -0.1) is 0 Å². The Labute approximate surface area is 115 Å². The van der Waals surface area contributed by atoms with Gasteiger partial charge in [0.1, 0.15) is 0 Å². The highest BCUT2D eigenvalue weighted by Gasteiger charge is 2.05. The van der Waals surface area contributed by atoms with Crippen LogP contribution in [0.15, 0.2) is 59.2 Å². The van der Waals surface area contributed by atoms with Crippen LogP contribution >= 0.6 is 15.9 Å². The normalized spacial score (nSPS) is 10.8. The number of aryl methyl sites for hydroxylation is 1. The minimum atomic E-state index is 1.02. The summed E-state index contributed by atoms with van der Waals surface area (Å²) in [6.45, 7) is 2.08. The lowest BCUT2D eigenvalue weighted by Gasteiger charge is -2.07. The maximum Gasteiger partial charge on any atom is 0.0711 e. The first kappa shape index (κ1) is 11.4. The largest absolute Gasteiger partial charge is 0.255 e. The van der Waals surface area contributed by atoms with Crippen LogP contribution in [0.5, 0.6) is 0 Å². The van der Waals surface area contributed by atoms with Crippen LogP contribution in [-0.4, -0.2) is 4.98 Å². The van der Waals surface area contributed by atoms with Crippen molar-refractivity contribution < 1.29 is 0 Å². The lowest BCUT2D eigenvalue weighted by atomic mass is 10.0. The van der Waals surface area contributed by atoms with Gasteiger partial charge in [0.05, 0.1) is 5.69 Å². The summed E-state index contributed by atoms with van der Waals surface area (Å²) in [7, 11) is 0. The van der Waals surface area contributed by atoms with Gasteiger partial charge in [-0.2, -0.15) is 0 Å². The third kappa shape index (κ3) is 1.93. The Hall–Kier alpha value is -1.67. The Morgan fingerprint density at radius 3 is 2.61 bits per heavy atom. The van der Waals surface area contributed by atoms with E-state index in [0.717, 1.165) is 10.2 Å². The molecule has 0 unspecified atom stereocenters. The average Bonchev–Trinajstić information content (AvgIpc) is 2.41. The van der Waals surface area contributed by atoms with Crippen LogP contribution in [0.1, 0.15) is 5.56 Å². The second kappa shape index (κ2) is 4.54. The van der Waals surface area contributed by atoms with Crippen molar-refractivity contribution in [3.63, 3.8) is 0 Å². The number of benzene rings is 2. The first-order valence-electron chi connectivity index (χ1n) is 5.86. The molecule has 2 heteroatoms. The standard InChI is InChI=1S/C16H12BrN/c1-11-9-16(18-10-15(11)17)14-8-4-6-12-5-2-3-7-13(12)14/h2-10H,1H3. The van der Waals surface area contributed by atoms with E-state index in [-0.39, 0.29) is 0 Å². The highest BCUT2D eigenvalue weighted by Crippen LogP contribution is 2.28. The van der Waals surface area contributed by atoms with Crippen LogP contribution in [0.3, 0.4) is 0 Å². The molecule has 0 N–H and O–H groups in total. The molecule has 3 rings (SSSR count). The molecule has 0 saturated heterocycles. The molecule has 0 aliphatic rings. The van der Waals surface area contributed by atoms with Crippen molar-refractivity contribution in [2.45, 2.75) is 6.92 Å². The van der Waals surface area contributed by atoms with Crippen molar-refractivity contribution in [3.8, 4) is 11.3 Å². The molecule has 18 heavy (non-hydrogen) atoms. The van der Waals surface area contributed by atoms with E-state index in [1.54, 1.807) is 0 Å². The van der Waals surface area contributed by atoms with Gasteiger partial charge in [-0.25, -0.2) is 0 Å². The molecule has 3 aromatic rings. The van der Waals surface area contributed by atoms with E-state index in [4.69, 9.17) is 0 Å². The lowest BCUT2D eigenvalue weighted by Crippen LogP contribution is -1.87. The number of nitrogens with zero attached hydrogens (tertiary/aromatic N) is 1. The molecule has 88 valence electrons. The van der Waals surface area contributed by atoms with Gasteiger partial charge in [-0.3, -0.25) is 4.98 Å². The third-order valence-corrected chi connectivity index (χ3v) is 3.94. The highest BCUT2D eigenvalue weighted by molar-refractivity contribution is 9.10. The van der Waals surface area contributed by atoms with Crippen LogP contribution in [0, 0.1) is 6.92 Å². The summed E-state index contributed by atoms with van der Waals surface area (Å²) in [6.07, 6.45) is 1.87. The van der Waals surface area contributed by atoms with Gasteiger partial charge in [0, 0.05) is 16.2 Å². The van der Waals surface area contributed by atoms with Gasteiger partial charge in [0.2, 0.25) is 0 Å². The zero-order valence-electron chi connectivity index (χ0n) is 10.0. The summed E-state index contributed by atoms with van der Waals surface area (Å²) in [6, 6.07) is 16.9. The topological polar surface area (TPSA) is 12.9 Å². The second-order valence-corrected chi connectivity index (χ2v) is 5.20. The van der Waals surface area contributed by atoms with Gasteiger partial charge in [0.25, 0.3) is 0 Å². The molecular formula is C16H12BrN. The van der Waals surface area contributed by atoms with Crippen molar-refractivity contribution >= 4 is 26.7 Å². The summed E-state index contributed by atoms with van der Waals surface area (Å²) < 4.78 is 1.05. The Kier molecular flexibility index (Phi) is 2.88. The van der Waals surface area contributed by atoms with Crippen molar-refractivity contribution in [1.29, 1.82) is 0 Å². The van der Waals surface area contributed by atoms with Crippen LogP contribution in [-0.2, 0) is 0 Å². The minimum Gasteiger partial charge on any atom is -0.255 e. The summed E-state index contributed by atoms with van der Waals surface area (Å²) in [4.78, 5) is 4.51. The van der Waals surface area contributed by atoms with Crippen molar-refractivity contribution in [2.24, 2.45) is 0 Å². The van der Waals surface area contributed by atoms with Crippen molar-refractivity contribution in [2.75, 3.05) is 0 Å². The van der Waals surface area contributed by atoms with Crippen LogP contribution in [0.25, 0.3) is 22.0 Å². The molecule has 0 atom stereocenters. The molecular weight excluding hydrogens is 286 g/mol. The number of pyridine rings is 1. The van der Waals surface area contributed by atoms with E-state index < -0.39 is 0 Å². The van der Waals surface area contributed by atoms with E-state index >= 15 is 0 Å². The fourth-order valence-corrected chi connectivity index (χ4v) is 2.35. The lowest BCUT2D eigenvalue weighted by molar-refractivity contribution is 1.27. The zero-order chi connectivity index (χ0) is 12.5. The summed E-state index contributed by atoms with van der Waals surface area (Å²) in [5.41, 5.74) is 3.41. The van der Waals surface area contributed by atoms with E-state index in [1.807, 2.05) is 6.20 Å². The zero-order valence-corrected chi connectivity index (χ0v) is 11.6. The molecule has 1 aromatic heterocycles. The Bertz CT molecular complexity index is 714. The third-order valence-electron chi connectivity index (χ3n) is 3.11. The second-order valence-electron chi connectivity index (χ2n) is 4.35. The monoisotopic (exact) mass is 297 g/mol. The Morgan fingerprint density at radius 1 is 1.00 bits per heavy atom. The molecule has 0 aliphatic heterocycles. The summed E-state index contributed by atoms with van der Waals surface area (Å²) in [5.74, 6) is 0. The average molecular weight is 298 g/mol. The number of fused-ring (bicyclic) bond motifs is 1. The molecule has 0 fully saturated rings. The maximum atomic E-state index is 4.51. The molecule has 1 nitrogen and oxygen atoms in total. The summed E-state index contributed by atoms with van der Waals surface area (Å²) in [5, 5.41) is 2.49. The Balaban J connectivity index is 2.28. The first-order chi connectivity index (χ1) is 8.75. The highest BCUT2D eigenvalue weighted by atomic mass is 79.9. The molecule has 1 heterocycles. The van der Waals surface area contributed by atoms with Gasteiger partial charge in [-0.05, 0) is 45.3 Å². The first-order valence-corrected chi connectivity index (χ1v) is 6.65. The fourth-order valence-electron chi connectivity index (χ4n) is 2.14. The van der Waals surface area contributed by atoms with Gasteiger partial charge in [0.15, 0.2) is 0 Å². The molecule has 0 saturated carbocycles. The molecule has 0 radical (unpaired) electrons. The van der Waals surface area contributed by atoms with Crippen LogP contribution in [0.2, 0.25) is 0 Å². The minimum absolute atomic E-state index is 1.02. The quantitative estimate of drug-likeness (QED) is 0.618. The predicted octanol–water partition coefficient (Wildman–Crippen LogP) is 4.97. The number of hydrogen-bond donors (Lipinski definition) is 0. The molecule has 2 aromatic carbocycles. The Morgan fingerprint density at radius 2 is 1.78 bits per heavy atom. The van der Waals surface area contributed by atoms with E-state index in [2.05, 4.69) is 76.4 Å². The van der Waals surface area contributed by atoms with E-state index in [0.29, 0.717) is 0 Å². The van der Waals surface area contributed by atoms with Crippen molar-refractivity contribution in [3.05, 3.63) is 64.8 Å². The number of aromatic nitrogens is 1. The summed E-state index contributed by atoms with van der Waals surface area (Å²) >= 11 is 3.49. The van der Waals surface area contributed by atoms with Gasteiger partial charge in [-0.1, -0.05) is 42.5 Å². The van der Waals surface area contributed by atoms with E-state index in [9.17, 15) is 0 Å². The number of halogens is 1. The van der Waals surface area contributed by atoms with Crippen LogP contribution < -0.4 is 0 Å². The molecule has 0 aliphatic carbocycles. The maximum absolute atomic E-state index is 4.51. The van der Waals surface area contributed by atoms with Crippen LogP contribution in [0.4, 0.5) is 0 Å². The predicted molar refractivity (Wildman–Crippen MR) is 79.6 cm³/mol. The smallest absolute Gasteiger partial charge is 0.0711 e. The fraction of sp³-hybridized carbons (Fsp3) is 0.0625. The van der Waals surface area contributed by atoms with E-state index in [1.165, 1.54) is 21.9 Å². The van der Waals surface area contributed by atoms with Crippen molar-refractivity contribution in [1.82, 2.24) is 4.98 Å². The van der Waals surface area contributed by atoms with Gasteiger partial charge >= 0.3 is 0 Å². The number of hydrogen-bond acceptors (Lipinski definition) is 1.